The second-order valence-electron chi connectivity index (χ2n) is 4.57. The first-order valence-corrected chi connectivity index (χ1v) is 9.63. The molecule has 0 radical (unpaired) electrons. The highest BCUT2D eigenvalue weighted by atomic mass is 33.1. The maximum atomic E-state index is 12.0. The maximum absolute atomic E-state index is 12.0. The van der Waals surface area contributed by atoms with Gasteiger partial charge in [-0.3, -0.25) is 9.89 Å². The van der Waals surface area contributed by atoms with E-state index in [1.54, 1.807) is 27.7 Å². The zero-order valence-electron chi connectivity index (χ0n) is 12.2. The van der Waals surface area contributed by atoms with E-state index in [2.05, 4.69) is 15.5 Å². The van der Waals surface area contributed by atoms with Gasteiger partial charge < -0.3 is 11.1 Å². The van der Waals surface area contributed by atoms with E-state index in [1.165, 1.54) is 0 Å². The summed E-state index contributed by atoms with van der Waals surface area (Å²) < 4.78 is 0. The lowest BCUT2D eigenvalue weighted by atomic mass is 10.1. The molecule has 7 heteroatoms. The smallest absolute Gasteiger partial charge is 0.269 e. The van der Waals surface area contributed by atoms with E-state index in [4.69, 9.17) is 5.73 Å². The molecule has 0 spiro atoms. The van der Waals surface area contributed by atoms with Gasteiger partial charge in [-0.25, -0.2) is 0 Å². The number of aromatic nitrogens is 2. The maximum Gasteiger partial charge on any atom is 0.269 e. The largest absolute Gasteiger partial charge is 0.351 e. The summed E-state index contributed by atoms with van der Waals surface area (Å²) in [6.07, 6.45) is 0.938. The standard InChI is InChI=1S/C15H20N4OS2/c16-7-10-22-21-9-4-8-17-15(20)14-11-13(18-19-14)12-5-2-1-3-6-12/h1-3,5-6,11H,4,7-10,16H2,(H,17,20)(H,18,19). The Balaban J connectivity index is 1.73. The first-order valence-electron chi connectivity index (χ1n) is 7.15. The number of rotatable bonds is 9. The fraction of sp³-hybridized carbons (Fsp3) is 0.333. The SMILES string of the molecule is NCCSSCCCNC(=O)c1cc(-c2ccccc2)n[nH]1. The van der Waals surface area contributed by atoms with Gasteiger partial charge in [0.15, 0.2) is 0 Å². The van der Waals surface area contributed by atoms with Crippen molar-refractivity contribution in [1.82, 2.24) is 15.5 Å². The highest BCUT2D eigenvalue weighted by Gasteiger charge is 2.10. The van der Waals surface area contributed by atoms with Crippen molar-refractivity contribution in [3.63, 3.8) is 0 Å². The number of nitrogens with two attached hydrogens (primary N) is 1. The highest BCUT2D eigenvalue weighted by Crippen LogP contribution is 2.20. The summed E-state index contributed by atoms with van der Waals surface area (Å²) in [6, 6.07) is 11.6. The number of carbonyl (C=O) groups is 1. The average Bonchev–Trinajstić information content (AvgIpc) is 3.05. The molecule has 22 heavy (non-hydrogen) atoms. The summed E-state index contributed by atoms with van der Waals surface area (Å²) in [6.45, 7) is 1.37. The Morgan fingerprint density at radius 2 is 2.00 bits per heavy atom. The predicted octanol–water partition coefficient (Wildman–Crippen LogP) is 2.54. The molecular weight excluding hydrogens is 316 g/mol. The minimum Gasteiger partial charge on any atom is -0.351 e. The van der Waals surface area contributed by atoms with Crippen molar-refractivity contribution in [2.24, 2.45) is 5.73 Å². The van der Waals surface area contributed by atoms with Gasteiger partial charge in [0.05, 0.1) is 5.69 Å². The van der Waals surface area contributed by atoms with E-state index in [-0.39, 0.29) is 5.91 Å². The van der Waals surface area contributed by atoms with Crippen LogP contribution in [0.3, 0.4) is 0 Å². The van der Waals surface area contributed by atoms with E-state index < -0.39 is 0 Å². The van der Waals surface area contributed by atoms with E-state index in [1.807, 2.05) is 30.3 Å². The molecule has 4 N–H and O–H groups in total. The zero-order valence-corrected chi connectivity index (χ0v) is 13.9. The van der Waals surface area contributed by atoms with Gasteiger partial charge in [0.25, 0.3) is 5.91 Å². The van der Waals surface area contributed by atoms with Gasteiger partial charge in [-0.1, -0.05) is 51.9 Å². The molecule has 5 nitrogen and oxygen atoms in total. The van der Waals surface area contributed by atoms with Crippen LogP contribution < -0.4 is 11.1 Å². The van der Waals surface area contributed by atoms with E-state index in [0.29, 0.717) is 18.8 Å². The number of aromatic amines is 1. The Bertz CT molecular complexity index is 574. The molecule has 0 atom stereocenters. The van der Waals surface area contributed by atoms with Gasteiger partial charge in [0.2, 0.25) is 0 Å². The molecular formula is C15H20N4OS2. The average molecular weight is 336 g/mol. The summed E-state index contributed by atoms with van der Waals surface area (Å²) >= 11 is 0. The van der Waals surface area contributed by atoms with E-state index >= 15 is 0 Å². The van der Waals surface area contributed by atoms with E-state index in [9.17, 15) is 4.79 Å². The van der Waals surface area contributed by atoms with Crippen LogP contribution in [0.15, 0.2) is 36.4 Å². The topological polar surface area (TPSA) is 83.8 Å². The number of H-pyrrole nitrogens is 1. The third-order valence-electron chi connectivity index (χ3n) is 2.87. The van der Waals surface area contributed by atoms with Crippen LogP contribution in [-0.4, -0.2) is 40.7 Å². The second kappa shape index (κ2) is 9.55. The highest BCUT2D eigenvalue weighted by molar-refractivity contribution is 8.76. The van der Waals surface area contributed by atoms with Crippen LogP contribution in [0.25, 0.3) is 11.3 Å². The fourth-order valence-electron chi connectivity index (χ4n) is 1.79. The van der Waals surface area contributed by atoms with Gasteiger partial charge in [0.1, 0.15) is 5.69 Å². The first kappa shape index (κ1) is 16.9. The van der Waals surface area contributed by atoms with Crippen LogP contribution in [0.5, 0.6) is 0 Å². The van der Waals surface area contributed by atoms with Crippen LogP contribution in [0, 0.1) is 0 Å². The minimum atomic E-state index is -0.116. The number of carbonyl (C=O) groups excluding carboxylic acids is 1. The number of amides is 1. The number of benzene rings is 1. The Morgan fingerprint density at radius 1 is 1.23 bits per heavy atom. The summed E-state index contributed by atoms with van der Waals surface area (Å²) in [4.78, 5) is 12.0. The molecule has 0 fully saturated rings. The van der Waals surface area contributed by atoms with Crippen LogP contribution >= 0.6 is 21.6 Å². The Labute approximate surface area is 138 Å². The van der Waals surface area contributed by atoms with E-state index in [0.717, 1.165) is 29.2 Å². The monoisotopic (exact) mass is 336 g/mol. The molecule has 2 aromatic rings. The first-order chi connectivity index (χ1) is 10.8. The third-order valence-corrected chi connectivity index (χ3v) is 5.39. The number of nitrogens with zero attached hydrogens (tertiary/aromatic N) is 1. The second-order valence-corrected chi connectivity index (χ2v) is 7.28. The van der Waals surface area contributed by atoms with Crippen molar-refractivity contribution in [1.29, 1.82) is 0 Å². The minimum absolute atomic E-state index is 0.116. The van der Waals surface area contributed by atoms with Crippen LogP contribution in [0.1, 0.15) is 16.9 Å². The Kier molecular flexibility index (Phi) is 7.35. The van der Waals surface area contributed by atoms with Crippen LogP contribution in [0.2, 0.25) is 0 Å². The number of hydrogen-bond acceptors (Lipinski definition) is 5. The lowest BCUT2D eigenvalue weighted by Gasteiger charge is -2.03. The lowest BCUT2D eigenvalue weighted by Crippen LogP contribution is -2.25. The molecule has 0 aliphatic carbocycles. The summed E-state index contributed by atoms with van der Waals surface area (Å²) in [5.41, 5.74) is 7.68. The number of nitrogens with one attached hydrogen (secondary N) is 2. The van der Waals surface area contributed by atoms with Crippen molar-refractivity contribution >= 4 is 27.5 Å². The van der Waals surface area contributed by atoms with Crippen molar-refractivity contribution in [3.05, 3.63) is 42.1 Å². The molecule has 1 aromatic carbocycles. The van der Waals surface area contributed by atoms with Gasteiger partial charge >= 0.3 is 0 Å². The van der Waals surface area contributed by atoms with Crippen molar-refractivity contribution < 1.29 is 4.79 Å². The van der Waals surface area contributed by atoms with Crippen LogP contribution in [-0.2, 0) is 0 Å². The van der Waals surface area contributed by atoms with Gasteiger partial charge in [-0.2, -0.15) is 5.10 Å². The molecule has 1 aromatic heterocycles. The normalized spacial score (nSPS) is 10.6. The summed E-state index contributed by atoms with van der Waals surface area (Å²) in [5, 5.41) is 9.87. The predicted molar refractivity (Wildman–Crippen MR) is 94.9 cm³/mol. The zero-order chi connectivity index (χ0) is 15.6. The summed E-state index contributed by atoms with van der Waals surface area (Å²) in [5.74, 6) is 1.85. The van der Waals surface area contributed by atoms with Crippen molar-refractivity contribution in [2.45, 2.75) is 6.42 Å². The third kappa shape index (κ3) is 5.40. The molecule has 0 aliphatic rings. The Morgan fingerprint density at radius 3 is 2.77 bits per heavy atom. The molecule has 2 rings (SSSR count). The molecule has 0 bridgehead atoms. The molecule has 0 aliphatic heterocycles. The van der Waals surface area contributed by atoms with Crippen LogP contribution in [0.4, 0.5) is 0 Å². The molecule has 0 saturated heterocycles. The summed E-state index contributed by atoms with van der Waals surface area (Å²) in [7, 11) is 3.56. The van der Waals surface area contributed by atoms with Gasteiger partial charge in [-0.15, -0.1) is 0 Å². The lowest BCUT2D eigenvalue weighted by molar-refractivity contribution is 0.0949. The molecule has 118 valence electrons. The molecule has 1 amide bonds. The molecule has 1 heterocycles. The van der Waals surface area contributed by atoms with Crippen molar-refractivity contribution in [3.8, 4) is 11.3 Å². The Hall–Kier alpha value is -1.44. The number of hydrogen-bond donors (Lipinski definition) is 3. The van der Waals surface area contributed by atoms with Gasteiger partial charge in [0, 0.05) is 30.2 Å². The fourth-order valence-corrected chi connectivity index (χ4v) is 3.73. The quantitative estimate of drug-likeness (QED) is 0.484. The van der Waals surface area contributed by atoms with Crippen molar-refractivity contribution in [2.75, 3.05) is 24.6 Å². The van der Waals surface area contributed by atoms with Gasteiger partial charge in [-0.05, 0) is 12.5 Å². The molecule has 0 unspecified atom stereocenters. The molecule has 0 saturated carbocycles.